The van der Waals surface area contributed by atoms with Crippen LogP contribution >= 0.6 is 11.3 Å². The zero-order valence-electron chi connectivity index (χ0n) is 36.8. The first-order valence-electron chi connectivity index (χ1n) is 23.2. The topological polar surface area (TPSA) is 21.3 Å². The molecule has 14 aromatic rings. The summed E-state index contributed by atoms with van der Waals surface area (Å²) in [6.45, 7) is 0. The van der Waals surface area contributed by atoms with Crippen LogP contribution < -0.4 is 4.90 Å². The highest BCUT2D eigenvalue weighted by atomic mass is 32.1. The van der Waals surface area contributed by atoms with Crippen LogP contribution in [0, 0.1) is 0 Å². The molecule has 0 aliphatic heterocycles. The maximum Gasteiger partial charge on any atom is 0.143 e. The molecule has 0 aliphatic carbocycles. The Morgan fingerprint density at radius 2 is 0.956 bits per heavy atom. The first-order chi connectivity index (χ1) is 33.7. The number of aromatic nitrogens is 1. The second-order valence-corrected chi connectivity index (χ2v) is 18.6. The van der Waals surface area contributed by atoms with E-state index in [4.69, 9.17) is 4.42 Å². The largest absolute Gasteiger partial charge is 0.455 e. The summed E-state index contributed by atoms with van der Waals surface area (Å²) in [5.74, 6) is 0. The van der Waals surface area contributed by atoms with Crippen LogP contribution in [0.3, 0.4) is 0 Å². The standard InChI is InChI=1S/C64H40N2OS/c1-2-18-50-41(14-1)34-39-56-62-49(22-13-28-60(62)67-63(50)56)44-15-11-16-47(40-44)65(46-37-32-43(33-38-46)51-23-12-24-55-54-21-6-10-29-61(54)68-64(51)55)45-35-30-42(31-36-45)48-17-3-7-25-57(48)66-58-26-8-4-19-52(58)53-20-5-9-27-59(53)66/h1-40H. The van der Waals surface area contributed by atoms with Gasteiger partial charge in [0.05, 0.1) is 16.7 Å². The summed E-state index contributed by atoms with van der Waals surface area (Å²) in [6, 6.07) is 88.1. The van der Waals surface area contributed by atoms with Gasteiger partial charge in [-0.15, -0.1) is 11.3 Å². The zero-order chi connectivity index (χ0) is 44.7. The highest BCUT2D eigenvalue weighted by Gasteiger charge is 2.20. The fraction of sp³-hybridized carbons (Fsp3) is 0. The molecule has 0 amide bonds. The van der Waals surface area contributed by atoms with Gasteiger partial charge in [-0.1, -0.05) is 170 Å². The van der Waals surface area contributed by atoms with E-state index in [1.165, 1.54) is 64.1 Å². The average molecular weight is 885 g/mol. The van der Waals surface area contributed by atoms with Crippen molar-refractivity contribution in [3.05, 3.63) is 243 Å². The van der Waals surface area contributed by atoms with Crippen LogP contribution in [0.5, 0.6) is 0 Å². The molecule has 14 rings (SSSR count). The Hall–Kier alpha value is -8.70. The van der Waals surface area contributed by atoms with Crippen LogP contribution in [0.25, 0.3) is 114 Å². The molecule has 318 valence electrons. The lowest BCUT2D eigenvalue weighted by atomic mass is 9.97. The Kier molecular flexibility index (Phi) is 8.76. The average Bonchev–Trinajstić information content (AvgIpc) is 4.10. The van der Waals surface area contributed by atoms with E-state index in [0.29, 0.717) is 0 Å². The molecule has 68 heavy (non-hydrogen) atoms. The van der Waals surface area contributed by atoms with Gasteiger partial charge in [0, 0.05) is 69.7 Å². The predicted molar refractivity (Wildman–Crippen MR) is 289 cm³/mol. The first-order valence-corrected chi connectivity index (χ1v) is 24.0. The van der Waals surface area contributed by atoms with Gasteiger partial charge in [0.25, 0.3) is 0 Å². The van der Waals surface area contributed by atoms with E-state index >= 15 is 0 Å². The molecule has 3 heterocycles. The lowest BCUT2D eigenvalue weighted by molar-refractivity contribution is 0.673. The van der Waals surface area contributed by atoms with Crippen molar-refractivity contribution in [3.63, 3.8) is 0 Å². The zero-order valence-corrected chi connectivity index (χ0v) is 37.6. The fourth-order valence-electron chi connectivity index (χ4n) is 10.7. The van der Waals surface area contributed by atoms with E-state index < -0.39 is 0 Å². The molecular weight excluding hydrogens is 845 g/mol. The molecule has 0 unspecified atom stereocenters. The summed E-state index contributed by atoms with van der Waals surface area (Å²) in [6.07, 6.45) is 0. The van der Waals surface area contributed by atoms with E-state index in [-0.39, 0.29) is 0 Å². The number of rotatable bonds is 7. The van der Waals surface area contributed by atoms with Gasteiger partial charge in [-0.2, -0.15) is 0 Å². The van der Waals surface area contributed by atoms with Gasteiger partial charge in [-0.05, 0) is 106 Å². The number of para-hydroxylation sites is 3. The molecule has 0 spiro atoms. The van der Waals surface area contributed by atoms with Crippen LogP contribution in [-0.4, -0.2) is 4.57 Å². The van der Waals surface area contributed by atoms with Gasteiger partial charge in [0.1, 0.15) is 11.2 Å². The van der Waals surface area contributed by atoms with Gasteiger partial charge in [0.2, 0.25) is 0 Å². The maximum absolute atomic E-state index is 6.65. The van der Waals surface area contributed by atoms with Crippen molar-refractivity contribution in [2.24, 2.45) is 0 Å². The second kappa shape index (κ2) is 15.5. The molecule has 4 heteroatoms. The van der Waals surface area contributed by atoms with Gasteiger partial charge in [-0.3, -0.25) is 0 Å². The third kappa shape index (κ3) is 6.05. The molecular formula is C64H40N2OS. The maximum atomic E-state index is 6.65. The quantitative estimate of drug-likeness (QED) is 0.159. The Morgan fingerprint density at radius 1 is 0.368 bits per heavy atom. The molecule has 11 aromatic carbocycles. The van der Waals surface area contributed by atoms with Gasteiger partial charge >= 0.3 is 0 Å². The smallest absolute Gasteiger partial charge is 0.143 e. The predicted octanol–water partition coefficient (Wildman–Crippen LogP) is 18.7. The van der Waals surface area contributed by atoms with E-state index in [9.17, 15) is 0 Å². The molecule has 0 bridgehead atoms. The SMILES string of the molecule is c1cc(-c2cccc3oc4c5ccccc5ccc4c23)cc(N(c2ccc(-c3ccccc3-n3c4ccccc4c4ccccc43)cc2)c2ccc(-c3cccc4c3sc3ccccc34)cc2)c1. The summed E-state index contributed by atoms with van der Waals surface area (Å²) in [5, 5.41) is 9.67. The summed E-state index contributed by atoms with van der Waals surface area (Å²) in [7, 11) is 0. The second-order valence-electron chi connectivity index (χ2n) is 17.6. The van der Waals surface area contributed by atoms with Crippen molar-refractivity contribution >= 4 is 103 Å². The van der Waals surface area contributed by atoms with E-state index in [1.807, 2.05) is 11.3 Å². The van der Waals surface area contributed by atoms with Crippen LogP contribution in [0.15, 0.2) is 247 Å². The van der Waals surface area contributed by atoms with Crippen LogP contribution in [0.4, 0.5) is 17.1 Å². The van der Waals surface area contributed by atoms with E-state index in [2.05, 4.69) is 252 Å². The number of hydrogen-bond donors (Lipinski definition) is 0. The van der Waals surface area contributed by atoms with Crippen LogP contribution in [-0.2, 0) is 0 Å². The number of fused-ring (bicyclic) bond motifs is 11. The molecule has 0 atom stereocenters. The van der Waals surface area contributed by atoms with Crippen LogP contribution in [0.2, 0.25) is 0 Å². The Balaban J connectivity index is 0.909. The first kappa shape index (κ1) is 38.6. The lowest BCUT2D eigenvalue weighted by Gasteiger charge is -2.26. The third-order valence-corrected chi connectivity index (χ3v) is 15.0. The number of benzene rings is 11. The minimum absolute atomic E-state index is 0.886. The minimum Gasteiger partial charge on any atom is -0.455 e. The summed E-state index contributed by atoms with van der Waals surface area (Å²) < 4.78 is 11.7. The molecule has 3 aromatic heterocycles. The molecule has 0 fully saturated rings. The molecule has 0 radical (unpaired) electrons. The summed E-state index contributed by atoms with van der Waals surface area (Å²) in [5.41, 5.74) is 15.6. The third-order valence-electron chi connectivity index (χ3n) is 13.8. The highest BCUT2D eigenvalue weighted by Crippen LogP contribution is 2.45. The highest BCUT2D eigenvalue weighted by molar-refractivity contribution is 7.26. The number of thiophene rings is 1. The van der Waals surface area contributed by atoms with E-state index in [1.54, 1.807) is 0 Å². The number of nitrogens with zero attached hydrogens (tertiary/aromatic N) is 2. The van der Waals surface area contributed by atoms with Crippen molar-refractivity contribution in [1.29, 1.82) is 0 Å². The summed E-state index contributed by atoms with van der Waals surface area (Å²) in [4.78, 5) is 2.39. The molecule has 3 nitrogen and oxygen atoms in total. The van der Waals surface area contributed by atoms with Gasteiger partial charge < -0.3 is 13.9 Å². The normalized spacial score (nSPS) is 11.8. The molecule has 0 saturated carbocycles. The Morgan fingerprint density at radius 3 is 1.74 bits per heavy atom. The Bertz CT molecular complexity index is 4210. The number of hydrogen-bond acceptors (Lipinski definition) is 3. The van der Waals surface area contributed by atoms with Crippen molar-refractivity contribution in [2.75, 3.05) is 4.90 Å². The van der Waals surface area contributed by atoms with Crippen LogP contribution in [0.1, 0.15) is 0 Å². The minimum atomic E-state index is 0.886. The number of anilines is 3. The Labute approximate surface area is 396 Å². The number of furan rings is 1. The van der Waals surface area contributed by atoms with Crippen molar-refractivity contribution < 1.29 is 4.42 Å². The van der Waals surface area contributed by atoms with Crippen molar-refractivity contribution in [3.8, 4) is 39.1 Å². The van der Waals surface area contributed by atoms with Gasteiger partial charge in [0.15, 0.2) is 0 Å². The molecule has 0 aliphatic rings. The van der Waals surface area contributed by atoms with Crippen molar-refractivity contribution in [1.82, 2.24) is 4.57 Å². The fourth-order valence-corrected chi connectivity index (χ4v) is 11.9. The lowest BCUT2D eigenvalue weighted by Crippen LogP contribution is -2.10. The van der Waals surface area contributed by atoms with Gasteiger partial charge in [-0.25, -0.2) is 0 Å². The van der Waals surface area contributed by atoms with E-state index in [0.717, 1.165) is 66.8 Å². The monoisotopic (exact) mass is 884 g/mol. The summed E-state index contributed by atoms with van der Waals surface area (Å²) >= 11 is 1.87. The molecule has 0 N–H and O–H groups in total. The van der Waals surface area contributed by atoms with Crippen molar-refractivity contribution in [2.45, 2.75) is 0 Å². The molecule has 0 saturated heterocycles.